The molecule has 0 aliphatic heterocycles. The number of carbonyl (C=O) groups excluding carboxylic acids is 1. The minimum absolute atomic E-state index is 0.0124. The molecule has 0 amide bonds. The van der Waals surface area contributed by atoms with Crippen molar-refractivity contribution in [3.05, 3.63) is 65.5 Å². The van der Waals surface area contributed by atoms with E-state index in [1.54, 1.807) is 12.1 Å². The van der Waals surface area contributed by atoms with Crippen molar-refractivity contribution in [3.63, 3.8) is 0 Å². The third-order valence-electron chi connectivity index (χ3n) is 3.92. The van der Waals surface area contributed by atoms with Crippen LogP contribution in [0.4, 0.5) is 0 Å². The van der Waals surface area contributed by atoms with Gasteiger partial charge in [-0.2, -0.15) is 4.98 Å². The second-order valence-corrected chi connectivity index (χ2v) is 8.10. The summed E-state index contributed by atoms with van der Waals surface area (Å²) in [5.41, 5.74) is 1.85. The minimum atomic E-state index is -3.54. The fourth-order valence-corrected chi connectivity index (χ4v) is 3.48. The predicted molar refractivity (Wildman–Crippen MR) is 97.8 cm³/mol. The van der Waals surface area contributed by atoms with Crippen LogP contribution in [0.15, 0.2) is 57.9 Å². The number of ether oxygens (including phenoxy) is 1. The number of hydrogen-bond donors (Lipinski definition) is 0. The Morgan fingerprint density at radius 1 is 1.11 bits per heavy atom. The Bertz CT molecular complexity index is 1060. The molecule has 0 aliphatic carbocycles. The lowest BCUT2D eigenvalue weighted by molar-refractivity contribution is 0.0455. The summed E-state index contributed by atoms with van der Waals surface area (Å²) in [6.07, 6.45) is 0. The average Bonchev–Trinajstić information content (AvgIpc) is 3.15. The van der Waals surface area contributed by atoms with Crippen LogP contribution in [0.2, 0.25) is 0 Å². The molecule has 3 rings (SSSR count). The SMILES string of the molecule is CCS(=O)(=O)c1ccccc1C(=O)OCc1noc(-c2ccc(C)cc2)n1. The lowest BCUT2D eigenvalue weighted by atomic mass is 10.1. The molecule has 0 spiro atoms. The highest BCUT2D eigenvalue weighted by Gasteiger charge is 2.22. The quantitative estimate of drug-likeness (QED) is 0.600. The fourth-order valence-electron chi connectivity index (χ4n) is 2.40. The van der Waals surface area contributed by atoms with Crippen LogP contribution in [-0.2, 0) is 21.2 Å². The summed E-state index contributed by atoms with van der Waals surface area (Å²) >= 11 is 0. The third kappa shape index (κ3) is 4.22. The van der Waals surface area contributed by atoms with Gasteiger partial charge in [-0.3, -0.25) is 0 Å². The Labute approximate surface area is 156 Å². The van der Waals surface area contributed by atoms with Gasteiger partial charge in [0.15, 0.2) is 16.4 Å². The zero-order chi connectivity index (χ0) is 19.4. The molecular formula is C19H18N2O5S. The van der Waals surface area contributed by atoms with Gasteiger partial charge in [-0.1, -0.05) is 41.9 Å². The number of nitrogens with zero attached hydrogens (tertiary/aromatic N) is 2. The zero-order valence-electron chi connectivity index (χ0n) is 14.9. The van der Waals surface area contributed by atoms with Crippen LogP contribution >= 0.6 is 0 Å². The Morgan fingerprint density at radius 3 is 2.52 bits per heavy atom. The molecule has 0 aliphatic rings. The number of aryl methyl sites for hydroxylation is 1. The van der Waals surface area contributed by atoms with E-state index in [-0.39, 0.29) is 28.6 Å². The van der Waals surface area contributed by atoms with Crippen LogP contribution in [-0.4, -0.2) is 30.3 Å². The van der Waals surface area contributed by atoms with Crippen molar-refractivity contribution >= 4 is 15.8 Å². The minimum Gasteiger partial charge on any atom is -0.454 e. The van der Waals surface area contributed by atoms with Gasteiger partial charge < -0.3 is 9.26 Å². The predicted octanol–water partition coefficient (Wildman–Crippen LogP) is 3.20. The summed E-state index contributed by atoms with van der Waals surface area (Å²) in [6, 6.07) is 13.5. The molecule has 0 radical (unpaired) electrons. The first-order valence-electron chi connectivity index (χ1n) is 8.29. The van der Waals surface area contributed by atoms with Crippen molar-refractivity contribution in [1.82, 2.24) is 10.1 Å². The van der Waals surface area contributed by atoms with Gasteiger partial charge in [0.25, 0.3) is 5.89 Å². The van der Waals surface area contributed by atoms with E-state index in [1.165, 1.54) is 19.1 Å². The monoisotopic (exact) mass is 386 g/mol. The van der Waals surface area contributed by atoms with E-state index in [4.69, 9.17) is 9.26 Å². The topological polar surface area (TPSA) is 99.4 Å². The van der Waals surface area contributed by atoms with Crippen LogP contribution in [0.1, 0.15) is 28.7 Å². The third-order valence-corrected chi connectivity index (χ3v) is 5.71. The first-order valence-corrected chi connectivity index (χ1v) is 9.94. The van der Waals surface area contributed by atoms with Gasteiger partial charge in [0.2, 0.25) is 5.82 Å². The average molecular weight is 386 g/mol. The number of benzene rings is 2. The highest BCUT2D eigenvalue weighted by molar-refractivity contribution is 7.91. The maximum absolute atomic E-state index is 12.3. The van der Waals surface area contributed by atoms with Crippen molar-refractivity contribution in [1.29, 1.82) is 0 Å². The molecule has 1 heterocycles. The van der Waals surface area contributed by atoms with Crippen molar-refractivity contribution in [3.8, 4) is 11.5 Å². The Hall–Kier alpha value is -3.00. The summed E-state index contributed by atoms with van der Waals surface area (Å²) in [6.45, 7) is 3.26. The zero-order valence-corrected chi connectivity index (χ0v) is 15.7. The molecule has 0 N–H and O–H groups in total. The van der Waals surface area contributed by atoms with Gasteiger partial charge in [0.1, 0.15) is 0 Å². The molecule has 0 atom stereocenters. The molecule has 0 fully saturated rings. The summed E-state index contributed by atoms with van der Waals surface area (Å²) < 4.78 is 34.6. The highest BCUT2D eigenvalue weighted by Crippen LogP contribution is 2.20. The van der Waals surface area contributed by atoms with Gasteiger partial charge in [-0.05, 0) is 31.2 Å². The number of hydrogen-bond acceptors (Lipinski definition) is 7. The van der Waals surface area contributed by atoms with Gasteiger partial charge in [-0.15, -0.1) is 0 Å². The summed E-state index contributed by atoms with van der Waals surface area (Å²) in [4.78, 5) is 16.5. The number of carbonyl (C=O) groups is 1. The molecule has 0 saturated carbocycles. The van der Waals surface area contributed by atoms with Gasteiger partial charge in [-0.25, -0.2) is 13.2 Å². The number of esters is 1. The van der Waals surface area contributed by atoms with Crippen molar-refractivity contribution in [2.75, 3.05) is 5.75 Å². The van der Waals surface area contributed by atoms with E-state index in [0.717, 1.165) is 11.1 Å². The Balaban J connectivity index is 1.73. The fraction of sp³-hybridized carbons (Fsp3) is 0.211. The van der Waals surface area contributed by atoms with Crippen molar-refractivity contribution in [2.45, 2.75) is 25.3 Å². The van der Waals surface area contributed by atoms with Gasteiger partial charge >= 0.3 is 5.97 Å². The van der Waals surface area contributed by atoms with Gasteiger partial charge in [0, 0.05) is 5.56 Å². The summed E-state index contributed by atoms with van der Waals surface area (Å²) in [7, 11) is -3.54. The maximum Gasteiger partial charge on any atom is 0.339 e. The molecule has 2 aromatic carbocycles. The molecule has 140 valence electrons. The molecule has 3 aromatic rings. The number of sulfone groups is 1. The summed E-state index contributed by atoms with van der Waals surface area (Å²) in [5, 5.41) is 3.79. The molecule has 1 aromatic heterocycles. The van der Waals surface area contributed by atoms with E-state index in [0.29, 0.717) is 5.89 Å². The molecule has 0 saturated heterocycles. The number of rotatable bonds is 6. The van der Waals surface area contributed by atoms with E-state index >= 15 is 0 Å². The van der Waals surface area contributed by atoms with Crippen LogP contribution in [0, 0.1) is 6.92 Å². The second kappa shape index (κ2) is 7.71. The van der Waals surface area contributed by atoms with Crippen molar-refractivity contribution in [2.24, 2.45) is 0 Å². The molecule has 27 heavy (non-hydrogen) atoms. The molecule has 8 heteroatoms. The first kappa shape index (κ1) is 18.8. The maximum atomic E-state index is 12.3. The van der Waals surface area contributed by atoms with Crippen LogP contribution in [0.25, 0.3) is 11.5 Å². The lowest BCUT2D eigenvalue weighted by Crippen LogP contribution is -2.13. The number of aromatic nitrogens is 2. The smallest absolute Gasteiger partial charge is 0.339 e. The standard InChI is InChI=1S/C19H18N2O5S/c1-3-27(23,24)16-7-5-4-6-15(16)19(22)25-12-17-20-18(26-21-17)14-10-8-13(2)9-11-14/h4-11H,3,12H2,1-2H3. The first-order chi connectivity index (χ1) is 12.9. The van der Waals surface area contributed by atoms with Crippen LogP contribution in [0.3, 0.4) is 0 Å². The summed E-state index contributed by atoms with van der Waals surface area (Å²) in [5.74, 6) is -0.365. The Kier molecular flexibility index (Phi) is 5.36. The van der Waals surface area contributed by atoms with Gasteiger partial charge in [0.05, 0.1) is 16.2 Å². The molecule has 0 unspecified atom stereocenters. The highest BCUT2D eigenvalue weighted by atomic mass is 32.2. The molecule has 7 nitrogen and oxygen atoms in total. The lowest BCUT2D eigenvalue weighted by Gasteiger charge is -2.08. The van der Waals surface area contributed by atoms with E-state index in [2.05, 4.69) is 10.1 Å². The van der Waals surface area contributed by atoms with E-state index < -0.39 is 15.8 Å². The normalized spacial score (nSPS) is 11.3. The van der Waals surface area contributed by atoms with Crippen LogP contribution in [0.5, 0.6) is 0 Å². The molecular weight excluding hydrogens is 368 g/mol. The van der Waals surface area contributed by atoms with E-state index in [1.807, 2.05) is 31.2 Å². The second-order valence-electron chi connectivity index (χ2n) is 5.86. The van der Waals surface area contributed by atoms with Crippen LogP contribution < -0.4 is 0 Å². The van der Waals surface area contributed by atoms with E-state index in [9.17, 15) is 13.2 Å². The van der Waals surface area contributed by atoms with Crippen molar-refractivity contribution < 1.29 is 22.5 Å². The molecule has 0 bridgehead atoms. The Morgan fingerprint density at radius 2 is 1.81 bits per heavy atom. The largest absolute Gasteiger partial charge is 0.454 e.